The summed E-state index contributed by atoms with van der Waals surface area (Å²) >= 11 is 0. The molecule has 0 saturated carbocycles. The number of ether oxygens (including phenoxy) is 1. The maximum atomic E-state index is 13.0. The van der Waals surface area contributed by atoms with Crippen molar-refractivity contribution in [2.75, 3.05) is 6.61 Å². The lowest BCUT2D eigenvalue weighted by Gasteiger charge is -2.24. The second-order valence-electron chi connectivity index (χ2n) is 6.68. The van der Waals surface area contributed by atoms with E-state index in [1.54, 1.807) is 31.2 Å². The van der Waals surface area contributed by atoms with Crippen LogP contribution in [0.4, 0.5) is 0 Å². The van der Waals surface area contributed by atoms with Crippen molar-refractivity contribution in [1.82, 2.24) is 4.72 Å². The molecule has 7 heteroatoms. The number of fused-ring (bicyclic) bond motifs is 1. The molecule has 152 valence electrons. The minimum atomic E-state index is -4.00. The molecule has 0 spiro atoms. The standard InChI is InChI=1S/C22H23NO5S/c1-3-28-22(25)21(24)20(19-10-6-8-16-7-4-5-9-18(16)19)23-29(26,27)17-13-11-15(2)12-14-17/h4-14,20-21,23-24H,3H2,1-2H3/t20-,21+/m0/s1. The molecule has 0 aliphatic carbocycles. The molecule has 0 heterocycles. The van der Waals surface area contributed by atoms with E-state index in [0.717, 1.165) is 16.3 Å². The minimum Gasteiger partial charge on any atom is -0.464 e. The van der Waals surface area contributed by atoms with E-state index in [4.69, 9.17) is 4.74 Å². The molecule has 0 aromatic heterocycles. The predicted molar refractivity (Wildman–Crippen MR) is 111 cm³/mol. The van der Waals surface area contributed by atoms with Crippen LogP contribution in [0.15, 0.2) is 71.6 Å². The quantitative estimate of drug-likeness (QED) is 0.581. The lowest BCUT2D eigenvalue weighted by atomic mass is 9.96. The van der Waals surface area contributed by atoms with Gasteiger partial charge < -0.3 is 9.84 Å². The number of aryl methyl sites for hydroxylation is 1. The van der Waals surface area contributed by atoms with E-state index >= 15 is 0 Å². The minimum absolute atomic E-state index is 0.0457. The van der Waals surface area contributed by atoms with Crippen LogP contribution in [0.25, 0.3) is 10.8 Å². The Kier molecular flexibility index (Phi) is 6.32. The Hall–Kier alpha value is -2.74. The van der Waals surface area contributed by atoms with Gasteiger partial charge in [-0.25, -0.2) is 17.9 Å². The number of hydrogen-bond acceptors (Lipinski definition) is 5. The third kappa shape index (κ3) is 4.64. The fourth-order valence-corrected chi connectivity index (χ4v) is 4.36. The summed E-state index contributed by atoms with van der Waals surface area (Å²) < 4.78 is 33.4. The molecular formula is C22H23NO5S. The maximum Gasteiger partial charge on any atom is 0.336 e. The molecule has 0 bridgehead atoms. The zero-order valence-electron chi connectivity index (χ0n) is 16.2. The molecule has 3 rings (SSSR count). The van der Waals surface area contributed by atoms with Crippen LogP contribution in [0, 0.1) is 6.92 Å². The van der Waals surface area contributed by atoms with Crippen LogP contribution in [0.5, 0.6) is 0 Å². The number of aliphatic hydroxyl groups is 1. The van der Waals surface area contributed by atoms with E-state index in [-0.39, 0.29) is 11.5 Å². The molecule has 0 amide bonds. The van der Waals surface area contributed by atoms with Crippen molar-refractivity contribution in [3.05, 3.63) is 77.9 Å². The fourth-order valence-electron chi connectivity index (χ4n) is 3.14. The van der Waals surface area contributed by atoms with Gasteiger partial charge in [-0.05, 0) is 42.3 Å². The Labute approximate surface area is 170 Å². The molecule has 0 saturated heterocycles. The largest absolute Gasteiger partial charge is 0.464 e. The molecule has 3 aromatic carbocycles. The van der Waals surface area contributed by atoms with E-state index < -0.39 is 28.1 Å². The van der Waals surface area contributed by atoms with Crippen LogP contribution in [-0.4, -0.2) is 32.2 Å². The van der Waals surface area contributed by atoms with Crippen molar-refractivity contribution < 1.29 is 23.1 Å². The van der Waals surface area contributed by atoms with Gasteiger partial charge in [-0.2, -0.15) is 0 Å². The fraction of sp³-hybridized carbons (Fsp3) is 0.227. The molecule has 0 radical (unpaired) electrons. The summed E-state index contributed by atoms with van der Waals surface area (Å²) in [5.41, 5.74) is 1.40. The maximum absolute atomic E-state index is 13.0. The smallest absolute Gasteiger partial charge is 0.336 e. The first-order valence-corrected chi connectivity index (χ1v) is 10.7. The van der Waals surface area contributed by atoms with Gasteiger partial charge in [-0.3, -0.25) is 0 Å². The van der Waals surface area contributed by atoms with Crippen LogP contribution in [0.2, 0.25) is 0 Å². The Morgan fingerprint density at radius 3 is 2.38 bits per heavy atom. The van der Waals surface area contributed by atoms with Gasteiger partial charge >= 0.3 is 5.97 Å². The van der Waals surface area contributed by atoms with E-state index in [1.165, 1.54) is 12.1 Å². The third-order valence-electron chi connectivity index (χ3n) is 4.62. The summed E-state index contributed by atoms with van der Waals surface area (Å²) in [4.78, 5) is 12.3. The summed E-state index contributed by atoms with van der Waals surface area (Å²) in [6, 6.07) is 17.8. The highest BCUT2D eigenvalue weighted by Crippen LogP contribution is 2.28. The van der Waals surface area contributed by atoms with Crippen LogP contribution >= 0.6 is 0 Å². The number of nitrogens with one attached hydrogen (secondary N) is 1. The first kappa shape index (κ1) is 21.0. The Bertz CT molecular complexity index is 1100. The van der Waals surface area contributed by atoms with Gasteiger partial charge in [0.25, 0.3) is 0 Å². The molecule has 0 aliphatic heterocycles. The van der Waals surface area contributed by atoms with Crippen molar-refractivity contribution in [2.45, 2.75) is 30.9 Å². The Morgan fingerprint density at radius 1 is 1.03 bits per heavy atom. The van der Waals surface area contributed by atoms with Gasteiger partial charge in [-0.15, -0.1) is 0 Å². The summed E-state index contributed by atoms with van der Waals surface area (Å²) in [5, 5.41) is 12.3. The van der Waals surface area contributed by atoms with Gasteiger partial charge in [0.1, 0.15) is 0 Å². The van der Waals surface area contributed by atoms with Gasteiger partial charge in [-0.1, -0.05) is 60.2 Å². The number of carbonyl (C=O) groups excluding carboxylic acids is 1. The lowest BCUT2D eigenvalue weighted by molar-refractivity contribution is -0.154. The molecule has 29 heavy (non-hydrogen) atoms. The van der Waals surface area contributed by atoms with Crippen LogP contribution in [0.1, 0.15) is 24.1 Å². The number of sulfonamides is 1. The number of hydrogen-bond donors (Lipinski definition) is 2. The van der Waals surface area contributed by atoms with Gasteiger partial charge in [0, 0.05) is 0 Å². The highest BCUT2D eigenvalue weighted by Gasteiger charge is 2.33. The average Bonchev–Trinajstić information content (AvgIpc) is 2.71. The van der Waals surface area contributed by atoms with Crippen LogP contribution < -0.4 is 4.72 Å². The predicted octanol–water partition coefficient (Wildman–Crippen LogP) is 3.09. The summed E-state index contributed by atoms with van der Waals surface area (Å²) in [6.07, 6.45) is -1.71. The van der Waals surface area contributed by atoms with Gasteiger partial charge in [0.05, 0.1) is 17.5 Å². The van der Waals surface area contributed by atoms with E-state index in [1.807, 2.05) is 37.3 Å². The zero-order chi connectivity index (χ0) is 21.0. The first-order valence-electron chi connectivity index (χ1n) is 9.25. The van der Waals surface area contributed by atoms with E-state index in [0.29, 0.717) is 5.56 Å². The summed E-state index contributed by atoms with van der Waals surface area (Å²) in [6.45, 7) is 3.55. The summed E-state index contributed by atoms with van der Waals surface area (Å²) in [5.74, 6) is -0.892. The van der Waals surface area contributed by atoms with Crippen molar-refractivity contribution in [1.29, 1.82) is 0 Å². The monoisotopic (exact) mass is 413 g/mol. The van der Waals surface area contributed by atoms with Crippen LogP contribution in [0.3, 0.4) is 0 Å². The number of aliphatic hydroxyl groups excluding tert-OH is 1. The molecule has 2 N–H and O–H groups in total. The second kappa shape index (κ2) is 8.73. The van der Waals surface area contributed by atoms with Crippen molar-refractivity contribution in [3.63, 3.8) is 0 Å². The Balaban J connectivity index is 2.08. The Morgan fingerprint density at radius 2 is 1.69 bits per heavy atom. The van der Waals surface area contributed by atoms with Gasteiger partial charge in [0.15, 0.2) is 6.10 Å². The average molecular weight is 413 g/mol. The van der Waals surface area contributed by atoms with Gasteiger partial charge in [0.2, 0.25) is 10.0 Å². The topological polar surface area (TPSA) is 92.7 Å². The highest BCUT2D eigenvalue weighted by atomic mass is 32.2. The molecular weight excluding hydrogens is 390 g/mol. The van der Waals surface area contributed by atoms with Crippen molar-refractivity contribution in [2.24, 2.45) is 0 Å². The molecule has 0 fully saturated rings. The molecule has 6 nitrogen and oxygen atoms in total. The number of esters is 1. The SMILES string of the molecule is CCOC(=O)[C@H](O)[C@@H](NS(=O)(=O)c1ccc(C)cc1)c1cccc2ccccc12. The number of benzene rings is 3. The molecule has 3 aromatic rings. The number of carbonyl (C=O) groups is 1. The third-order valence-corrected chi connectivity index (χ3v) is 6.07. The van der Waals surface area contributed by atoms with E-state index in [2.05, 4.69) is 4.72 Å². The molecule has 2 atom stereocenters. The van der Waals surface area contributed by atoms with Crippen molar-refractivity contribution in [3.8, 4) is 0 Å². The summed E-state index contributed by atoms with van der Waals surface area (Å²) in [7, 11) is -4.00. The van der Waals surface area contributed by atoms with E-state index in [9.17, 15) is 18.3 Å². The highest BCUT2D eigenvalue weighted by molar-refractivity contribution is 7.89. The normalized spacial score (nSPS) is 13.8. The van der Waals surface area contributed by atoms with Crippen molar-refractivity contribution >= 4 is 26.8 Å². The number of rotatable bonds is 7. The first-order chi connectivity index (χ1) is 13.8. The zero-order valence-corrected chi connectivity index (χ0v) is 17.0. The second-order valence-corrected chi connectivity index (χ2v) is 8.39. The molecule has 0 aliphatic rings. The molecule has 0 unspecified atom stereocenters. The van der Waals surface area contributed by atoms with Crippen LogP contribution in [-0.2, 0) is 19.6 Å². The lowest BCUT2D eigenvalue weighted by Crippen LogP contribution is -2.41.